The summed E-state index contributed by atoms with van der Waals surface area (Å²) >= 11 is 0. The van der Waals surface area contributed by atoms with E-state index in [0.29, 0.717) is 6.54 Å². The van der Waals surface area contributed by atoms with Crippen LogP contribution < -0.4 is 5.32 Å². The van der Waals surface area contributed by atoms with E-state index in [1.165, 1.54) is 0 Å². The van der Waals surface area contributed by atoms with Crippen LogP contribution in [0.5, 0.6) is 0 Å². The van der Waals surface area contributed by atoms with Crippen molar-refractivity contribution in [3.8, 4) is 5.69 Å². The fraction of sp³-hybridized carbons (Fsp3) is 0.357. The molecule has 0 saturated carbocycles. The topological polar surface area (TPSA) is 29.9 Å². The van der Waals surface area contributed by atoms with Gasteiger partial charge in [0.2, 0.25) is 0 Å². The summed E-state index contributed by atoms with van der Waals surface area (Å²) in [5.41, 5.74) is 3.79. The van der Waals surface area contributed by atoms with Gasteiger partial charge in [0.25, 0.3) is 6.43 Å². The zero-order valence-corrected chi connectivity index (χ0v) is 11.0. The first kappa shape index (κ1) is 13.7. The van der Waals surface area contributed by atoms with Gasteiger partial charge < -0.3 is 5.32 Å². The third-order valence-corrected chi connectivity index (χ3v) is 3.04. The molecule has 0 aliphatic heterocycles. The number of nitrogens with zero attached hydrogens (tertiary/aromatic N) is 2. The summed E-state index contributed by atoms with van der Waals surface area (Å²) in [7, 11) is 0. The van der Waals surface area contributed by atoms with Gasteiger partial charge in [0.05, 0.1) is 17.9 Å². The largest absolute Gasteiger partial charge is 0.307 e. The van der Waals surface area contributed by atoms with Gasteiger partial charge in [-0.25, -0.2) is 13.5 Å². The van der Waals surface area contributed by atoms with Gasteiger partial charge in [0.15, 0.2) is 0 Å². The molecule has 1 aromatic carbocycles. The van der Waals surface area contributed by atoms with Gasteiger partial charge in [0, 0.05) is 17.8 Å². The minimum atomic E-state index is -2.33. The molecule has 0 unspecified atom stereocenters. The van der Waals surface area contributed by atoms with Crippen molar-refractivity contribution in [2.75, 3.05) is 6.54 Å². The zero-order valence-electron chi connectivity index (χ0n) is 11.0. The molecule has 1 aromatic heterocycles. The second kappa shape index (κ2) is 5.93. The second-order valence-electron chi connectivity index (χ2n) is 4.42. The van der Waals surface area contributed by atoms with E-state index in [4.69, 9.17) is 0 Å². The Labute approximate surface area is 111 Å². The maximum absolute atomic E-state index is 12.1. The van der Waals surface area contributed by atoms with Crippen molar-refractivity contribution in [1.29, 1.82) is 0 Å². The van der Waals surface area contributed by atoms with Crippen molar-refractivity contribution in [2.24, 2.45) is 0 Å². The fourth-order valence-corrected chi connectivity index (χ4v) is 2.06. The second-order valence-corrected chi connectivity index (χ2v) is 4.42. The van der Waals surface area contributed by atoms with Crippen LogP contribution >= 0.6 is 0 Å². The lowest BCUT2D eigenvalue weighted by atomic mass is 10.2. The zero-order chi connectivity index (χ0) is 13.8. The number of nitrogens with one attached hydrogen (secondary N) is 1. The predicted octanol–water partition coefficient (Wildman–Crippen LogP) is 2.84. The number of alkyl halides is 2. The summed E-state index contributed by atoms with van der Waals surface area (Å²) in [5.74, 6) is 0. The highest BCUT2D eigenvalue weighted by molar-refractivity contribution is 5.36. The SMILES string of the molecule is Cc1nn(-c2ccccc2)c(C)c1CNCC(F)F. The fourth-order valence-electron chi connectivity index (χ4n) is 2.06. The molecular weight excluding hydrogens is 248 g/mol. The molecule has 0 atom stereocenters. The molecule has 0 fully saturated rings. The van der Waals surface area contributed by atoms with E-state index in [1.807, 2.05) is 48.9 Å². The van der Waals surface area contributed by atoms with Crippen LogP contribution in [-0.2, 0) is 6.54 Å². The number of rotatable bonds is 5. The summed E-state index contributed by atoms with van der Waals surface area (Å²) < 4.78 is 26.1. The molecule has 0 aliphatic carbocycles. The number of para-hydroxylation sites is 1. The van der Waals surface area contributed by atoms with E-state index in [2.05, 4.69) is 10.4 Å². The van der Waals surface area contributed by atoms with Crippen LogP contribution in [0.2, 0.25) is 0 Å². The molecule has 0 radical (unpaired) electrons. The molecular formula is C14H17F2N3. The van der Waals surface area contributed by atoms with E-state index in [9.17, 15) is 8.78 Å². The molecule has 2 aromatic rings. The maximum Gasteiger partial charge on any atom is 0.250 e. The highest BCUT2D eigenvalue weighted by atomic mass is 19.3. The summed E-state index contributed by atoms with van der Waals surface area (Å²) in [6.45, 7) is 3.96. The summed E-state index contributed by atoms with van der Waals surface area (Å²) in [6.07, 6.45) is -2.33. The first-order valence-corrected chi connectivity index (χ1v) is 6.19. The highest BCUT2D eigenvalue weighted by Crippen LogP contribution is 2.17. The van der Waals surface area contributed by atoms with Gasteiger partial charge in [-0.15, -0.1) is 0 Å². The predicted molar refractivity (Wildman–Crippen MR) is 70.7 cm³/mol. The van der Waals surface area contributed by atoms with Gasteiger partial charge in [-0.1, -0.05) is 18.2 Å². The first-order valence-electron chi connectivity index (χ1n) is 6.19. The maximum atomic E-state index is 12.1. The van der Waals surface area contributed by atoms with Crippen LogP contribution in [0.1, 0.15) is 17.0 Å². The van der Waals surface area contributed by atoms with Crippen molar-refractivity contribution in [3.63, 3.8) is 0 Å². The smallest absolute Gasteiger partial charge is 0.250 e. The molecule has 1 N–H and O–H groups in total. The molecule has 102 valence electrons. The van der Waals surface area contributed by atoms with E-state index < -0.39 is 6.43 Å². The molecule has 3 nitrogen and oxygen atoms in total. The minimum absolute atomic E-state index is 0.296. The molecule has 19 heavy (non-hydrogen) atoms. The molecule has 5 heteroatoms. The summed E-state index contributed by atoms with van der Waals surface area (Å²) in [6, 6.07) is 9.77. The Morgan fingerprint density at radius 2 is 1.89 bits per heavy atom. The van der Waals surface area contributed by atoms with Crippen molar-refractivity contribution in [3.05, 3.63) is 47.3 Å². The molecule has 0 saturated heterocycles. The summed E-state index contributed by atoms with van der Waals surface area (Å²) in [4.78, 5) is 0. The molecule has 0 spiro atoms. The Morgan fingerprint density at radius 3 is 2.53 bits per heavy atom. The van der Waals surface area contributed by atoms with Crippen molar-refractivity contribution >= 4 is 0 Å². The van der Waals surface area contributed by atoms with Crippen molar-refractivity contribution < 1.29 is 8.78 Å². The Morgan fingerprint density at radius 1 is 1.21 bits per heavy atom. The number of hydrogen-bond donors (Lipinski definition) is 1. The lowest BCUT2D eigenvalue weighted by Gasteiger charge is -2.06. The number of halogens is 2. The van der Waals surface area contributed by atoms with Crippen molar-refractivity contribution in [2.45, 2.75) is 26.8 Å². The van der Waals surface area contributed by atoms with Crippen LogP contribution in [0.25, 0.3) is 5.69 Å². The molecule has 1 heterocycles. The first-order chi connectivity index (χ1) is 9.09. The quantitative estimate of drug-likeness (QED) is 0.901. The van der Waals surface area contributed by atoms with E-state index in [1.54, 1.807) is 0 Å². The minimum Gasteiger partial charge on any atom is -0.307 e. The highest BCUT2D eigenvalue weighted by Gasteiger charge is 2.12. The van der Waals surface area contributed by atoms with Gasteiger partial charge in [-0.3, -0.25) is 0 Å². The number of aryl methyl sites for hydroxylation is 1. The van der Waals surface area contributed by atoms with Crippen LogP contribution in [0, 0.1) is 13.8 Å². The van der Waals surface area contributed by atoms with Gasteiger partial charge in [-0.2, -0.15) is 5.10 Å². The van der Waals surface area contributed by atoms with E-state index >= 15 is 0 Å². The molecule has 2 rings (SSSR count). The number of benzene rings is 1. The average molecular weight is 265 g/mol. The third kappa shape index (κ3) is 3.17. The van der Waals surface area contributed by atoms with E-state index in [-0.39, 0.29) is 6.54 Å². The standard InChI is InChI=1S/C14H17F2N3/c1-10-13(8-17-9-14(15)16)11(2)19(18-10)12-6-4-3-5-7-12/h3-7,14,17H,8-9H2,1-2H3. The van der Waals surface area contributed by atoms with Gasteiger partial charge in [-0.05, 0) is 26.0 Å². The van der Waals surface area contributed by atoms with Crippen LogP contribution in [0.15, 0.2) is 30.3 Å². The molecule has 0 aliphatic rings. The van der Waals surface area contributed by atoms with Crippen molar-refractivity contribution in [1.82, 2.24) is 15.1 Å². The number of aromatic nitrogens is 2. The van der Waals surface area contributed by atoms with E-state index in [0.717, 1.165) is 22.6 Å². The normalized spacial score (nSPS) is 11.2. The Kier molecular flexibility index (Phi) is 4.27. The molecule has 0 bridgehead atoms. The average Bonchev–Trinajstić information content (AvgIpc) is 2.67. The van der Waals surface area contributed by atoms with Crippen LogP contribution in [-0.4, -0.2) is 22.8 Å². The van der Waals surface area contributed by atoms with Gasteiger partial charge in [0.1, 0.15) is 0 Å². The van der Waals surface area contributed by atoms with Crippen LogP contribution in [0.4, 0.5) is 8.78 Å². The summed E-state index contributed by atoms with van der Waals surface area (Å²) in [5, 5.41) is 7.21. The lowest BCUT2D eigenvalue weighted by molar-refractivity contribution is 0.145. The Balaban J connectivity index is 2.20. The Bertz CT molecular complexity index is 535. The monoisotopic (exact) mass is 265 g/mol. The van der Waals surface area contributed by atoms with Gasteiger partial charge >= 0.3 is 0 Å². The van der Waals surface area contributed by atoms with Crippen LogP contribution in [0.3, 0.4) is 0 Å². The third-order valence-electron chi connectivity index (χ3n) is 3.04. The lowest BCUT2D eigenvalue weighted by Crippen LogP contribution is -2.21. The molecule has 0 amide bonds. The Hall–Kier alpha value is -1.75. The number of hydrogen-bond acceptors (Lipinski definition) is 2.